The van der Waals surface area contributed by atoms with E-state index < -0.39 is 11.7 Å². The van der Waals surface area contributed by atoms with Gasteiger partial charge in [0.05, 0.1) is 12.2 Å². The summed E-state index contributed by atoms with van der Waals surface area (Å²) in [5.74, 6) is 2.70. The van der Waals surface area contributed by atoms with Crippen molar-refractivity contribution in [2.45, 2.75) is 63.0 Å². The fourth-order valence-corrected chi connectivity index (χ4v) is 7.29. The third-order valence-corrected chi connectivity index (χ3v) is 8.24. The molecule has 176 valence electrons. The lowest BCUT2D eigenvalue weighted by molar-refractivity contribution is -0.137. The summed E-state index contributed by atoms with van der Waals surface area (Å²) in [6.07, 6.45) is 6.48. The lowest BCUT2D eigenvalue weighted by Crippen LogP contribution is -2.48. The van der Waals surface area contributed by atoms with Gasteiger partial charge in [-0.25, -0.2) is 0 Å². The van der Waals surface area contributed by atoms with Crippen molar-refractivity contribution in [1.29, 1.82) is 0 Å². The van der Waals surface area contributed by atoms with Crippen LogP contribution in [0.15, 0.2) is 48.5 Å². The van der Waals surface area contributed by atoms with Crippen molar-refractivity contribution >= 4 is 5.57 Å². The van der Waals surface area contributed by atoms with Crippen LogP contribution in [0.3, 0.4) is 0 Å². The topological polar surface area (TPSA) is 40.5 Å². The largest absolute Gasteiger partial charge is 0.508 e. The molecule has 4 aliphatic carbocycles. The zero-order valence-corrected chi connectivity index (χ0v) is 18.7. The zero-order valence-electron chi connectivity index (χ0n) is 18.7. The summed E-state index contributed by atoms with van der Waals surface area (Å²) in [6.45, 7) is -0.307. The number of rotatable bonds is 6. The molecule has 0 aromatic heterocycles. The Balaban J connectivity index is 1.38. The van der Waals surface area contributed by atoms with Gasteiger partial charge < -0.3 is 10.2 Å². The van der Waals surface area contributed by atoms with Crippen LogP contribution in [0.4, 0.5) is 13.2 Å². The number of phenolic OH excluding ortho intramolecular Hbond substituents is 1. The average molecular weight is 457 g/mol. The summed E-state index contributed by atoms with van der Waals surface area (Å²) in [7, 11) is 0. The van der Waals surface area contributed by atoms with E-state index >= 15 is 0 Å². The predicted molar refractivity (Wildman–Crippen MR) is 123 cm³/mol. The zero-order chi connectivity index (χ0) is 23.2. The Morgan fingerprint density at radius 3 is 2.24 bits per heavy atom. The first kappa shape index (κ1) is 22.5. The first-order valence-electron chi connectivity index (χ1n) is 12.1. The molecule has 0 atom stereocenters. The highest BCUT2D eigenvalue weighted by Crippen LogP contribution is 2.61. The SMILES string of the molecule is OC/C(=C\CCc1ccc(O)cc1C12CC3CC(CC(C3)C1)C2)c1cccc(C(F)(F)F)c1. The van der Waals surface area contributed by atoms with Crippen LogP contribution in [0.1, 0.15) is 67.2 Å². The Morgan fingerprint density at radius 2 is 1.64 bits per heavy atom. The van der Waals surface area contributed by atoms with Gasteiger partial charge in [-0.15, -0.1) is 0 Å². The maximum absolute atomic E-state index is 13.1. The molecule has 2 aromatic carbocycles. The highest BCUT2D eigenvalue weighted by molar-refractivity contribution is 5.67. The summed E-state index contributed by atoms with van der Waals surface area (Å²) in [5, 5.41) is 20.1. The van der Waals surface area contributed by atoms with Crippen molar-refractivity contribution in [3.8, 4) is 5.75 Å². The molecule has 0 aliphatic heterocycles. The molecule has 4 saturated carbocycles. The molecular formula is C28H31F3O2. The lowest BCUT2D eigenvalue weighted by Gasteiger charge is -2.57. The normalized spacial score (nSPS) is 29.0. The molecule has 0 spiro atoms. The van der Waals surface area contributed by atoms with Crippen molar-refractivity contribution in [3.63, 3.8) is 0 Å². The summed E-state index contributed by atoms with van der Waals surface area (Å²) in [4.78, 5) is 0. The second kappa shape index (κ2) is 8.50. The Kier molecular flexibility index (Phi) is 5.80. The number of alkyl halides is 3. The highest BCUT2D eigenvalue weighted by Gasteiger charge is 2.52. The molecule has 4 bridgehead atoms. The number of aliphatic hydroxyl groups excluding tert-OH is 1. The summed E-state index contributed by atoms with van der Waals surface area (Å²) < 4.78 is 39.3. The van der Waals surface area contributed by atoms with Crippen LogP contribution >= 0.6 is 0 Å². The molecule has 0 radical (unpaired) electrons. The van der Waals surface area contributed by atoms with E-state index in [4.69, 9.17) is 0 Å². The van der Waals surface area contributed by atoms with E-state index in [9.17, 15) is 23.4 Å². The van der Waals surface area contributed by atoms with Gasteiger partial charge in [0.2, 0.25) is 0 Å². The second-order valence-corrected chi connectivity index (χ2v) is 10.5. The molecule has 33 heavy (non-hydrogen) atoms. The quantitative estimate of drug-likeness (QED) is 0.497. The summed E-state index contributed by atoms with van der Waals surface area (Å²) in [5.41, 5.74) is 2.86. The van der Waals surface area contributed by atoms with Gasteiger partial charge >= 0.3 is 6.18 Å². The highest BCUT2D eigenvalue weighted by atomic mass is 19.4. The van der Waals surface area contributed by atoms with Gasteiger partial charge in [0, 0.05) is 0 Å². The van der Waals surface area contributed by atoms with Crippen molar-refractivity contribution < 1.29 is 23.4 Å². The molecule has 4 aliphatic rings. The number of benzene rings is 2. The number of phenols is 1. The van der Waals surface area contributed by atoms with Crippen LogP contribution in [0.5, 0.6) is 5.75 Å². The van der Waals surface area contributed by atoms with E-state index in [1.165, 1.54) is 55.7 Å². The summed E-state index contributed by atoms with van der Waals surface area (Å²) in [6, 6.07) is 10.9. The predicted octanol–water partition coefficient (Wildman–Crippen LogP) is 6.89. The second-order valence-electron chi connectivity index (χ2n) is 10.5. The van der Waals surface area contributed by atoms with Gasteiger partial charge in [0.1, 0.15) is 5.75 Å². The molecule has 6 rings (SSSR count). The molecule has 2 aromatic rings. The van der Waals surface area contributed by atoms with E-state index in [0.29, 0.717) is 23.3 Å². The maximum Gasteiger partial charge on any atom is 0.416 e. The van der Waals surface area contributed by atoms with Crippen molar-refractivity contribution in [2.24, 2.45) is 17.8 Å². The Morgan fingerprint density at radius 1 is 0.970 bits per heavy atom. The van der Waals surface area contributed by atoms with E-state index in [-0.39, 0.29) is 12.0 Å². The van der Waals surface area contributed by atoms with Crippen LogP contribution in [0, 0.1) is 17.8 Å². The molecular weight excluding hydrogens is 425 g/mol. The maximum atomic E-state index is 13.1. The van der Waals surface area contributed by atoms with Gasteiger partial charge in [-0.1, -0.05) is 24.3 Å². The summed E-state index contributed by atoms with van der Waals surface area (Å²) >= 11 is 0. The van der Waals surface area contributed by atoms with E-state index in [0.717, 1.165) is 36.3 Å². The third kappa shape index (κ3) is 4.44. The number of hydrogen-bond donors (Lipinski definition) is 2. The minimum absolute atomic E-state index is 0.160. The number of aromatic hydroxyl groups is 1. The first-order valence-corrected chi connectivity index (χ1v) is 12.1. The fraction of sp³-hybridized carbons (Fsp3) is 0.500. The smallest absolute Gasteiger partial charge is 0.416 e. The number of hydrogen-bond acceptors (Lipinski definition) is 2. The minimum atomic E-state index is -4.41. The van der Waals surface area contributed by atoms with Crippen LogP contribution in [0.25, 0.3) is 5.57 Å². The standard InChI is InChI=1S/C28H31F3O2/c29-28(30,31)24-6-2-4-22(12-24)23(17-32)5-1-3-21-7-8-25(33)13-26(21)27-14-18-9-19(15-27)11-20(10-18)16-27/h2,4-8,12-13,18-20,32-33H,1,3,9-11,14-17H2/b23-5+. The van der Waals surface area contributed by atoms with Crippen molar-refractivity contribution in [1.82, 2.24) is 0 Å². The van der Waals surface area contributed by atoms with Gasteiger partial charge in [0.25, 0.3) is 0 Å². The molecule has 0 heterocycles. The van der Waals surface area contributed by atoms with Crippen LogP contribution in [-0.4, -0.2) is 16.8 Å². The van der Waals surface area contributed by atoms with E-state index in [2.05, 4.69) is 0 Å². The molecule has 5 heteroatoms. The van der Waals surface area contributed by atoms with Crippen LogP contribution < -0.4 is 0 Å². The number of aliphatic hydroxyl groups is 1. The fourth-order valence-electron chi connectivity index (χ4n) is 7.29. The van der Waals surface area contributed by atoms with Gasteiger partial charge in [-0.3, -0.25) is 0 Å². The first-order chi connectivity index (χ1) is 15.8. The molecule has 0 saturated heterocycles. The van der Waals surface area contributed by atoms with Gasteiger partial charge in [-0.2, -0.15) is 13.2 Å². The number of aryl methyl sites for hydroxylation is 1. The average Bonchev–Trinajstić information content (AvgIpc) is 2.76. The van der Waals surface area contributed by atoms with Crippen molar-refractivity contribution in [2.75, 3.05) is 6.61 Å². The Bertz CT molecular complexity index is 1020. The van der Waals surface area contributed by atoms with E-state index in [1.54, 1.807) is 12.1 Å². The number of halogens is 3. The Hall–Kier alpha value is -2.27. The number of allylic oxidation sites excluding steroid dienone is 1. The molecule has 0 unspecified atom stereocenters. The molecule has 2 N–H and O–H groups in total. The molecule has 2 nitrogen and oxygen atoms in total. The van der Waals surface area contributed by atoms with Gasteiger partial charge in [0.15, 0.2) is 0 Å². The Labute approximate surface area is 193 Å². The minimum Gasteiger partial charge on any atom is -0.508 e. The van der Waals surface area contributed by atoms with Crippen LogP contribution in [0.2, 0.25) is 0 Å². The monoisotopic (exact) mass is 456 g/mol. The van der Waals surface area contributed by atoms with Crippen LogP contribution in [-0.2, 0) is 18.0 Å². The molecule has 0 amide bonds. The lowest BCUT2D eigenvalue weighted by atomic mass is 9.47. The third-order valence-electron chi connectivity index (χ3n) is 8.24. The van der Waals surface area contributed by atoms with Crippen molar-refractivity contribution in [3.05, 3.63) is 70.8 Å². The molecule has 4 fully saturated rings. The van der Waals surface area contributed by atoms with Gasteiger partial charge in [-0.05, 0) is 121 Å². The van der Waals surface area contributed by atoms with E-state index in [1.807, 2.05) is 18.2 Å².